The van der Waals surface area contributed by atoms with E-state index in [0.29, 0.717) is 55.7 Å². The van der Waals surface area contributed by atoms with Crippen molar-refractivity contribution >= 4 is 12.0 Å². The Kier molecular flexibility index (Phi) is 10.4. The third kappa shape index (κ3) is 7.60. The molecular formula is C27H37N3O6. The van der Waals surface area contributed by atoms with E-state index >= 15 is 0 Å². The first kappa shape index (κ1) is 27.3. The second-order valence-corrected chi connectivity index (χ2v) is 8.98. The number of benzene rings is 2. The number of para-hydroxylation sites is 1. The highest BCUT2D eigenvalue weighted by Crippen LogP contribution is 2.29. The van der Waals surface area contributed by atoms with Crippen LogP contribution in [0.3, 0.4) is 0 Å². The van der Waals surface area contributed by atoms with Gasteiger partial charge in [-0.1, -0.05) is 18.2 Å². The summed E-state index contributed by atoms with van der Waals surface area (Å²) in [6, 6.07) is 14.0. The van der Waals surface area contributed by atoms with Crippen LogP contribution < -0.4 is 24.8 Å². The average Bonchev–Trinajstić information content (AvgIpc) is 3.31. The van der Waals surface area contributed by atoms with Gasteiger partial charge in [-0.05, 0) is 44.2 Å². The van der Waals surface area contributed by atoms with Crippen molar-refractivity contribution in [1.82, 2.24) is 15.5 Å². The van der Waals surface area contributed by atoms with Gasteiger partial charge in [-0.3, -0.25) is 4.79 Å². The average molecular weight is 500 g/mol. The van der Waals surface area contributed by atoms with Crippen LogP contribution in [0.5, 0.6) is 17.2 Å². The molecule has 1 aliphatic rings. The van der Waals surface area contributed by atoms with Crippen LogP contribution in [0, 0.1) is 5.92 Å². The maximum Gasteiger partial charge on any atom is 0.412 e. The van der Waals surface area contributed by atoms with E-state index in [1.54, 1.807) is 44.6 Å². The van der Waals surface area contributed by atoms with Crippen LogP contribution in [0.2, 0.25) is 0 Å². The van der Waals surface area contributed by atoms with Crippen LogP contribution in [0.1, 0.15) is 30.6 Å². The van der Waals surface area contributed by atoms with Gasteiger partial charge in [0.2, 0.25) is 0 Å². The molecule has 2 amide bonds. The highest BCUT2D eigenvalue weighted by atomic mass is 16.6. The van der Waals surface area contributed by atoms with Gasteiger partial charge < -0.3 is 34.5 Å². The van der Waals surface area contributed by atoms with Crippen LogP contribution >= 0.6 is 0 Å². The number of amides is 2. The SMILES string of the molecule is COCCCOc1cc(C(=O)N(C[C@@H]2CNCC2NC(=O)Oc2ccccc2)C(C)C)ccc1OC. The number of ether oxygens (including phenoxy) is 4. The van der Waals surface area contributed by atoms with Gasteiger partial charge >= 0.3 is 6.09 Å². The first-order chi connectivity index (χ1) is 17.4. The number of nitrogens with one attached hydrogen (secondary N) is 2. The molecule has 2 aromatic carbocycles. The Labute approximate surface area is 213 Å². The molecule has 2 aromatic rings. The molecule has 1 heterocycles. The summed E-state index contributed by atoms with van der Waals surface area (Å²) in [5, 5.41) is 6.27. The summed E-state index contributed by atoms with van der Waals surface area (Å²) in [5.74, 6) is 1.50. The fourth-order valence-corrected chi connectivity index (χ4v) is 4.12. The lowest BCUT2D eigenvalue weighted by molar-refractivity contribution is 0.0669. The molecule has 1 aliphatic heterocycles. The molecule has 0 radical (unpaired) electrons. The fourth-order valence-electron chi connectivity index (χ4n) is 4.12. The molecule has 0 aromatic heterocycles. The molecule has 0 spiro atoms. The third-order valence-electron chi connectivity index (χ3n) is 6.07. The van der Waals surface area contributed by atoms with Crippen LogP contribution in [0.15, 0.2) is 48.5 Å². The molecule has 9 heteroatoms. The molecule has 3 rings (SSSR count). The molecule has 0 aliphatic carbocycles. The first-order valence-electron chi connectivity index (χ1n) is 12.3. The van der Waals surface area contributed by atoms with E-state index in [2.05, 4.69) is 10.6 Å². The summed E-state index contributed by atoms with van der Waals surface area (Å²) in [7, 11) is 3.22. The quantitative estimate of drug-likeness (QED) is 0.432. The van der Waals surface area contributed by atoms with E-state index in [9.17, 15) is 9.59 Å². The van der Waals surface area contributed by atoms with E-state index in [1.807, 2.05) is 36.9 Å². The first-order valence-corrected chi connectivity index (χ1v) is 12.3. The Bertz CT molecular complexity index is 985. The predicted octanol–water partition coefficient (Wildman–Crippen LogP) is 3.34. The summed E-state index contributed by atoms with van der Waals surface area (Å²) in [4.78, 5) is 27.8. The topological polar surface area (TPSA) is 98.4 Å². The largest absolute Gasteiger partial charge is 0.493 e. The van der Waals surface area contributed by atoms with Gasteiger partial charge in [0.05, 0.1) is 19.8 Å². The number of carbonyl (C=O) groups excluding carboxylic acids is 2. The van der Waals surface area contributed by atoms with E-state index in [1.165, 1.54) is 0 Å². The third-order valence-corrected chi connectivity index (χ3v) is 6.07. The number of nitrogens with zero attached hydrogens (tertiary/aromatic N) is 1. The Morgan fingerprint density at radius 2 is 1.83 bits per heavy atom. The van der Waals surface area contributed by atoms with E-state index < -0.39 is 6.09 Å². The Balaban J connectivity index is 1.66. The molecule has 1 unspecified atom stereocenters. The lowest BCUT2D eigenvalue weighted by Gasteiger charge is -2.31. The lowest BCUT2D eigenvalue weighted by atomic mass is 10.0. The number of methoxy groups -OCH3 is 2. The Hall–Kier alpha value is -3.30. The van der Waals surface area contributed by atoms with Crippen molar-refractivity contribution in [2.75, 3.05) is 47.1 Å². The molecule has 2 atom stereocenters. The van der Waals surface area contributed by atoms with Crippen molar-refractivity contribution < 1.29 is 28.5 Å². The van der Waals surface area contributed by atoms with Gasteiger partial charge in [-0.2, -0.15) is 0 Å². The number of carbonyl (C=O) groups is 2. The maximum absolute atomic E-state index is 13.5. The maximum atomic E-state index is 13.5. The molecule has 0 bridgehead atoms. The van der Waals surface area contributed by atoms with Gasteiger partial charge in [0.15, 0.2) is 11.5 Å². The Morgan fingerprint density at radius 1 is 1.06 bits per heavy atom. The second-order valence-electron chi connectivity index (χ2n) is 8.98. The van der Waals surface area contributed by atoms with Gasteiger partial charge in [-0.25, -0.2) is 4.79 Å². The normalized spacial score (nSPS) is 17.0. The monoisotopic (exact) mass is 499 g/mol. The fraction of sp³-hybridized carbons (Fsp3) is 0.481. The zero-order valence-electron chi connectivity index (χ0n) is 21.5. The van der Waals surface area contributed by atoms with Crippen molar-refractivity contribution in [3.8, 4) is 17.2 Å². The molecule has 2 N–H and O–H groups in total. The van der Waals surface area contributed by atoms with Crippen molar-refractivity contribution in [2.45, 2.75) is 32.4 Å². The molecule has 0 saturated carbocycles. The molecule has 9 nitrogen and oxygen atoms in total. The van der Waals surface area contributed by atoms with Crippen molar-refractivity contribution in [2.24, 2.45) is 5.92 Å². The summed E-state index contributed by atoms with van der Waals surface area (Å²) < 4.78 is 21.7. The van der Waals surface area contributed by atoms with Crippen LogP contribution in [-0.4, -0.2) is 76.1 Å². The van der Waals surface area contributed by atoms with Crippen LogP contribution in [0.25, 0.3) is 0 Å². The van der Waals surface area contributed by atoms with Crippen LogP contribution in [0.4, 0.5) is 4.79 Å². The number of hydrogen-bond donors (Lipinski definition) is 2. The van der Waals surface area contributed by atoms with Crippen molar-refractivity contribution in [1.29, 1.82) is 0 Å². The summed E-state index contributed by atoms with van der Waals surface area (Å²) >= 11 is 0. The minimum Gasteiger partial charge on any atom is -0.493 e. The zero-order valence-corrected chi connectivity index (χ0v) is 21.5. The standard InChI is InChI=1S/C27H37N3O6/c1-19(2)30(26(31)20-11-12-24(34-4)25(15-20)35-14-8-13-33-3)18-21-16-28-17-23(21)29-27(32)36-22-9-6-5-7-10-22/h5-7,9-12,15,19,21,23,28H,8,13-14,16-18H2,1-4H3,(H,29,32)/t21-,23?/m0/s1. The zero-order chi connectivity index (χ0) is 25.9. The van der Waals surface area contributed by atoms with Gasteiger partial charge in [-0.15, -0.1) is 0 Å². The van der Waals surface area contributed by atoms with E-state index in [0.717, 1.165) is 6.42 Å². The van der Waals surface area contributed by atoms with Gasteiger partial charge in [0.1, 0.15) is 5.75 Å². The highest BCUT2D eigenvalue weighted by Gasteiger charge is 2.33. The van der Waals surface area contributed by atoms with Crippen LogP contribution in [-0.2, 0) is 4.74 Å². The minimum atomic E-state index is -0.507. The molecular weight excluding hydrogens is 462 g/mol. The summed E-state index contributed by atoms with van der Waals surface area (Å²) in [6.07, 6.45) is 0.221. The Morgan fingerprint density at radius 3 is 2.53 bits per heavy atom. The molecule has 1 fully saturated rings. The molecule has 196 valence electrons. The molecule has 1 saturated heterocycles. The van der Waals surface area contributed by atoms with Crippen molar-refractivity contribution in [3.05, 3.63) is 54.1 Å². The summed E-state index contributed by atoms with van der Waals surface area (Å²) in [5.41, 5.74) is 0.519. The molecule has 36 heavy (non-hydrogen) atoms. The minimum absolute atomic E-state index is 0.0303. The number of hydrogen-bond acceptors (Lipinski definition) is 7. The van der Waals surface area contributed by atoms with Gasteiger partial charge in [0.25, 0.3) is 5.91 Å². The predicted molar refractivity (Wildman–Crippen MR) is 137 cm³/mol. The van der Waals surface area contributed by atoms with Crippen molar-refractivity contribution in [3.63, 3.8) is 0 Å². The second kappa shape index (κ2) is 13.7. The van der Waals surface area contributed by atoms with E-state index in [4.69, 9.17) is 18.9 Å². The lowest BCUT2D eigenvalue weighted by Crippen LogP contribution is -2.48. The number of rotatable bonds is 12. The van der Waals surface area contributed by atoms with E-state index in [-0.39, 0.29) is 23.9 Å². The highest BCUT2D eigenvalue weighted by molar-refractivity contribution is 5.95. The summed E-state index contributed by atoms with van der Waals surface area (Å²) in [6.45, 7) is 6.79. The smallest absolute Gasteiger partial charge is 0.412 e. The van der Waals surface area contributed by atoms with Gasteiger partial charge in [0, 0.05) is 57.3 Å².